The molecule has 0 heterocycles. The Hall–Kier alpha value is -1.30. The zero-order valence-corrected chi connectivity index (χ0v) is 7.24. The summed E-state index contributed by atoms with van der Waals surface area (Å²) in [6.45, 7) is 1.36. The Kier molecular flexibility index (Phi) is 2.66. The summed E-state index contributed by atoms with van der Waals surface area (Å²) < 4.78 is 50.0. The molecule has 0 saturated heterocycles. The molecule has 0 atom stereocenters. The van der Waals surface area contributed by atoms with Crippen LogP contribution in [0.25, 0.3) is 0 Å². The van der Waals surface area contributed by atoms with Gasteiger partial charge in [-0.05, 0) is 18.6 Å². The van der Waals surface area contributed by atoms with Crippen molar-refractivity contribution >= 4 is 5.69 Å². The van der Waals surface area contributed by atoms with Crippen molar-refractivity contribution in [1.82, 2.24) is 0 Å². The van der Waals surface area contributed by atoms with E-state index in [0.717, 1.165) is 12.1 Å². The topological polar surface area (TPSA) is 38.0 Å². The molecule has 1 aromatic rings. The third-order valence-corrected chi connectivity index (χ3v) is 1.78. The monoisotopic (exact) mass is 208 g/mol. The molecule has 0 spiro atoms. The number of hydrogen-bond acceptors (Lipinski definition) is 2. The van der Waals surface area contributed by atoms with E-state index in [9.17, 15) is 17.6 Å². The molecule has 0 radical (unpaired) electrons. The molecule has 0 aliphatic rings. The van der Waals surface area contributed by atoms with Gasteiger partial charge in [-0.15, -0.1) is 0 Å². The van der Waals surface area contributed by atoms with Crippen LogP contribution < -0.4 is 11.3 Å². The molecular weight excluding hydrogens is 200 g/mol. The maximum absolute atomic E-state index is 13.2. The summed E-state index contributed by atoms with van der Waals surface area (Å²) in [5.74, 6) is 3.84. The molecule has 1 aromatic carbocycles. The van der Waals surface area contributed by atoms with Gasteiger partial charge in [0.1, 0.15) is 0 Å². The second-order valence-corrected chi connectivity index (χ2v) is 2.76. The van der Waals surface area contributed by atoms with Crippen molar-refractivity contribution in [3.63, 3.8) is 0 Å². The van der Waals surface area contributed by atoms with Gasteiger partial charge >= 0.3 is 6.18 Å². The van der Waals surface area contributed by atoms with Gasteiger partial charge < -0.3 is 5.43 Å². The quantitative estimate of drug-likeness (QED) is 0.422. The van der Waals surface area contributed by atoms with Gasteiger partial charge in [0.05, 0.1) is 11.3 Å². The zero-order chi connectivity index (χ0) is 10.9. The van der Waals surface area contributed by atoms with Crippen LogP contribution in [0.2, 0.25) is 0 Å². The number of nitrogens with one attached hydrogen (secondary N) is 1. The maximum atomic E-state index is 13.2. The molecule has 3 N–H and O–H groups in total. The molecule has 2 nitrogen and oxygen atoms in total. The Balaban J connectivity index is 3.39. The molecule has 0 aliphatic carbocycles. The van der Waals surface area contributed by atoms with Crippen molar-refractivity contribution in [3.8, 4) is 0 Å². The minimum atomic E-state index is -4.61. The number of nitrogens with two attached hydrogens (primary N) is 1. The van der Waals surface area contributed by atoms with Crippen LogP contribution in [0.5, 0.6) is 0 Å². The normalized spacial score (nSPS) is 11.6. The third-order valence-electron chi connectivity index (χ3n) is 1.78. The number of benzene rings is 1. The predicted molar refractivity (Wildman–Crippen MR) is 43.9 cm³/mol. The third kappa shape index (κ3) is 1.79. The average molecular weight is 208 g/mol. The number of hydrazine groups is 1. The van der Waals surface area contributed by atoms with E-state index in [1.165, 1.54) is 6.92 Å². The Labute approximate surface area is 77.7 Å². The van der Waals surface area contributed by atoms with Crippen LogP contribution in [0.4, 0.5) is 23.2 Å². The minimum absolute atomic E-state index is 0.103. The molecular formula is C8H8F4N2. The van der Waals surface area contributed by atoms with Crippen molar-refractivity contribution in [3.05, 3.63) is 29.1 Å². The van der Waals surface area contributed by atoms with Crippen molar-refractivity contribution < 1.29 is 17.6 Å². The van der Waals surface area contributed by atoms with Gasteiger partial charge in [0.25, 0.3) is 0 Å². The number of nitrogen functional groups attached to an aromatic ring is 1. The summed E-state index contributed by atoms with van der Waals surface area (Å²) in [5.41, 5.74) is -0.0138. The zero-order valence-electron chi connectivity index (χ0n) is 7.24. The van der Waals surface area contributed by atoms with E-state index in [1.807, 2.05) is 0 Å². The van der Waals surface area contributed by atoms with Crippen molar-refractivity contribution in [2.24, 2.45) is 5.84 Å². The van der Waals surface area contributed by atoms with Crippen LogP contribution >= 0.6 is 0 Å². The van der Waals surface area contributed by atoms with E-state index >= 15 is 0 Å². The Morgan fingerprint density at radius 2 is 1.86 bits per heavy atom. The predicted octanol–water partition coefficient (Wildman–Crippen LogP) is 2.44. The Morgan fingerprint density at radius 3 is 2.29 bits per heavy atom. The van der Waals surface area contributed by atoms with Crippen LogP contribution in [0.15, 0.2) is 12.1 Å². The Bertz CT molecular complexity index is 346. The summed E-state index contributed by atoms with van der Waals surface area (Å²) in [7, 11) is 0. The lowest BCUT2D eigenvalue weighted by atomic mass is 10.1. The smallest absolute Gasteiger partial charge is 0.321 e. The van der Waals surface area contributed by atoms with Gasteiger partial charge in [-0.1, -0.05) is 6.07 Å². The molecule has 0 bridgehead atoms. The first-order chi connectivity index (χ1) is 6.38. The van der Waals surface area contributed by atoms with Crippen LogP contribution in [0.3, 0.4) is 0 Å². The van der Waals surface area contributed by atoms with Crippen LogP contribution in [0.1, 0.15) is 11.1 Å². The number of rotatable bonds is 1. The van der Waals surface area contributed by atoms with E-state index in [4.69, 9.17) is 5.84 Å². The van der Waals surface area contributed by atoms with Gasteiger partial charge in [-0.3, -0.25) is 5.84 Å². The van der Waals surface area contributed by atoms with Crippen molar-refractivity contribution in [1.29, 1.82) is 0 Å². The van der Waals surface area contributed by atoms with E-state index < -0.39 is 23.2 Å². The molecule has 0 amide bonds. The second kappa shape index (κ2) is 3.45. The van der Waals surface area contributed by atoms with Crippen LogP contribution in [-0.2, 0) is 6.18 Å². The molecule has 6 heteroatoms. The number of hydrogen-bond donors (Lipinski definition) is 2. The highest BCUT2D eigenvalue weighted by molar-refractivity contribution is 5.55. The lowest BCUT2D eigenvalue weighted by Gasteiger charge is -2.13. The van der Waals surface area contributed by atoms with Gasteiger partial charge in [0.15, 0.2) is 5.82 Å². The van der Waals surface area contributed by atoms with Gasteiger partial charge in [-0.25, -0.2) is 4.39 Å². The maximum Gasteiger partial charge on any atom is 0.418 e. The highest BCUT2D eigenvalue weighted by atomic mass is 19.4. The first-order valence-corrected chi connectivity index (χ1v) is 3.71. The first-order valence-electron chi connectivity index (χ1n) is 3.71. The largest absolute Gasteiger partial charge is 0.418 e. The molecule has 14 heavy (non-hydrogen) atoms. The molecule has 0 aromatic heterocycles. The van der Waals surface area contributed by atoms with E-state index in [1.54, 1.807) is 5.43 Å². The van der Waals surface area contributed by atoms with E-state index in [-0.39, 0.29) is 5.56 Å². The SMILES string of the molecule is Cc1ccc(C(F)(F)F)c(NN)c1F. The lowest BCUT2D eigenvalue weighted by Crippen LogP contribution is -2.17. The van der Waals surface area contributed by atoms with Gasteiger partial charge in [0.2, 0.25) is 0 Å². The summed E-state index contributed by atoms with van der Waals surface area (Å²) in [5, 5.41) is 0. The van der Waals surface area contributed by atoms with E-state index in [0.29, 0.717) is 0 Å². The molecule has 0 unspecified atom stereocenters. The van der Waals surface area contributed by atoms with Gasteiger partial charge in [0, 0.05) is 0 Å². The molecule has 1 rings (SSSR count). The first kappa shape index (κ1) is 10.8. The Morgan fingerprint density at radius 1 is 1.29 bits per heavy atom. The molecule has 0 aliphatic heterocycles. The highest BCUT2D eigenvalue weighted by Crippen LogP contribution is 2.36. The summed E-state index contributed by atoms with van der Waals surface area (Å²) in [6, 6.07) is 1.84. The summed E-state index contributed by atoms with van der Waals surface area (Å²) in [6.07, 6.45) is -4.61. The number of halogens is 4. The standard InChI is InChI=1S/C8H8F4N2/c1-4-2-3-5(8(10,11)12)7(14-13)6(4)9/h2-3,14H,13H2,1H3. The molecule has 0 saturated carbocycles. The van der Waals surface area contributed by atoms with Crippen molar-refractivity contribution in [2.45, 2.75) is 13.1 Å². The second-order valence-electron chi connectivity index (χ2n) is 2.76. The fourth-order valence-corrected chi connectivity index (χ4v) is 1.06. The van der Waals surface area contributed by atoms with E-state index in [2.05, 4.69) is 0 Å². The fraction of sp³-hybridized carbons (Fsp3) is 0.250. The minimum Gasteiger partial charge on any atom is -0.321 e. The van der Waals surface area contributed by atoms with Crippen molar-refractivity contribution in [2.75, 3.05) is 5.43 Å². The summed E-state index contributed by atoms with van der Waals surface area (Å²) >= 11 is 0. The summed E-state index contributed by atoms with van der Waals surface area (Å²) in [4.78, 5) is 0. The van der Waals surface area contributed by atoms with Crippen LogP contribution in [0, 0.1) is 12.7 Å². The number of alkyl halides is 3. The highest BCUT2D eigenvalue weighted by Gasteiger charge is 2.34. The molecule has 78 valence electrons. The lowest BCUT2D eigenvalue weighted by molar-refractivity contribution is -0.137. The fourth-order valence-electron chi connectivity index (χ4n) is 1.06. The molecule has 0 fully saturated rings. The number of anilines is 1. The van der Waals surface area contributed by atoms with Crippen LogP contribution in [-0.4, -0.2) is 0 Å². The number of aryl methyl sites for hydroxylation is 1. The average Bonchev–Trinajstić information content (AvgIpc) is 2.07. The van der Waals surface area contributed by atoms with Gasteiger partial charge in [-0.2, -0.15) is 13.2 Å².